The van der Waals surface area contributed by atoms with Gasteiger partial charge in [0.2, 0.25) is 15.9 Å². The largest absolute Gasteiger partial charge is 0.375 e. The van der Waals surface area contributed by atoms with Gasteiger partial charge >= 0.3 is 0 Å². The maximum Gasteiger partial charge on any atom is 0.243 e. The second-order valence-electron chi connectivity index (χ2n) is 6.16. The lowest BCUT2D eigenvalue weighted by Gasteiger charge is -2.26. The first-order chi connectivity index (χ1) is 12.4. The van der Waals surface area contributed by atoms with E-state index in [4.69, 9.17) is 4.74 Å². The number of methoxy groups -OCH3 is 1. The molecule has 1 aliphatic heterocycles. The van der Waals surface area contributed by atoms with Gasteiger partial charge in [-0.1, -0.05) is 36.4 Å². The number of rotatable bonds is 3. The molecule has 7 heteroatoms. The number of nitrogens with zero attached hydrogens (tertiary/aromatic N) is 2. The highest BCUT2D eigenvalue weighted by Gasteiger charge is 2.32. The highest BCUT2D eigenvalue weighted by molar-refractivity contribution is 7.89. The topological polar surface area (TPSA) is 66.9 Å². The lowest BCUT2D eigenvalue weighted by atomic mass is 10.1. The molecule has 138 valence electrons. The first-order valence-electron chi connectivity index (χ1n) is 8.38. The summed E-state index contributed by atoms with van der Waals surface area (Å²) in [5.74, 6) is -0.137. The summed E-state index contributed by atoms with van der Waals surface area (Å²) in [5.41, 5.74) is 1.53. The van der Waals surface area contributed by atoms with Crippen molar-refractivity contribution in [1.82, 2.24) is 4.31 Å². The molecule has 0 saturated heterocycles. The number of fused-ring (bicyclic) bond motifs is 1. The van der Waals surface area contributed by atoms with Crippen LogP contribution in [-0.4, -0.2) is 45.9 Å². The van der Waals surface area contributed by atoms with E-state index in [2.05, 4.69) is 0 Å². The van der Waals surface area contributed by atoms with E-state index in [1.54, 1.807) is 49.4 Å². The molecular formula is C19H22N2O4S. The maximum atomic E-state index is 13.1. The van der Waals surface area contributed by atoms with Crippen molar-refractivity contribution < 1.29 is 17.9 Å². The Balaban J connectivity index is 2.04. The van der Waals surface area contributed by atoms with Crippen LogP contribution >= 0.6 is 0 Å². The summed E-state index contributed by atoms with van der Waals surface area (Å²) in [5, 5.41) is 0. The molecule has 0 fully saturated rings. The SMILES string of the molecule is COC1CN(S(=O)(=O)c2ccccc2)CCC(=O)N(C)c2ccccc21. The molecule has 0 radical (unpaired) electrons. The Morgan fingerprint density at radius 2 is 1.69 bits per heavy atom. The van der Waals surface area contributed by atoms with Crippen LogP contribution < -0.4 is 4.90 Å². The van der Waals surface area contributed by atoms with E-state index in [-0.39, 0.29) is 30.3 Å². The van der Waals surface area contributed by atoms with Gasteiger partial charge in [0.05, 0.1) is 11.0 Å². The summed E-state index contributed by atoms with van der Waals surface area (Å²) in [6, 6.07) is 15.7. The molecule has 26 heavy (non-hydrogen) atoms. The molecule has 2 aromatic carbocycles. The van der Waals surface area contributed by atoms with Gasteiger partial charge < -0.3 is 9.64 Å². The Kier molecular flexibility index (Phi) is 5.41. The van der Waals surface area contributed by atoms with E-state index in [1.807, 2.05) is 24.3 Å². The number of ether oxygens (including phenoxy) is 1. The third-order valence-electron chi connectivity index (χ3n) is 4.63. The van der Waals surface area contributed by atoms with E-state index >= 15 is 0 Å². The van der Waals surface area contributed by atoms with E-state index in [0.29, 0.717) is 0 Å². The molecule has 1 aliphatic rings. The van der Waals surface area contributed by atoms with Crippen LogP contribution in [0.5, 0.6) is 0 Å². The second-order valence-corrected chi connectivity index (χ2v) is 8.10. The fraction of sp³-hybridized carbons (Fsp3) is 0.316. The highest BCUT2D eigenvalue weighted by atomic mass is 32.2. The number of carbonyl (C=O) groups excluding carboxylic acids is 1. The van der Waals surface area contributed by atoms with Crippen LogP contribution in [0, 0.1) is 0 Å². The molecule has 0 aliphatic carbocycles. The summed E-state index contributed by atoms with van der Waals surface area (Å²) in [6.45, 7) is 0.250. The molecule has 0 N–H and O–H groups in total. The number of anilines is 1. The number of para-hydroxylation sites is 1. The minimum absolute atomic E-state index is 0.104. The van der Waals surface area contributed by atoms with Crippen molar-refractivity contribution in [2.75, 3.05) is 32.1 Å². The van der Waals surface area contributed by atoms with Crippen molar-refractivity contribution in [2.24, 2.45) is 0 Å². The van der Waals surface area contributed by atoms with Gasteiger partial charge in [-0.25, -0.2) is 8.42 Å². The van der Waals surface area contributed by atoms with Crippen molar-refractivity contribution in [3.8, 4) is 0 Å². The summed E-state index contributed by atoms with van der Waals surface area (Å²) in [6.07, 6.45) is -0.370. The molecule has 1 heterocycles. The highest BCUT2D eigenvalue weighted by Crippen LogP contribution is 2.31. The second kappa shape index (κ2) is 7.57. The normalized spacial score (nSPS) is 19.4. The smallest absolute Gasteiger partial charge is 0.243 e. The minimum atomic E-state index is -3.72. The number of amides is 1. The molecule has 1 amide bonds. The average molecular weight is 374 g/mol. The Morgan fingerprint density at radius 3 is 2.38 bits per heavy atom. The van der Waals surface area contributed by atoms with Gasteiger partial charge in [0.15, 0.2) is 0 Å². The Morgan fingerprint density at radius 1 is 1.04 bits per heavy atom. The summed E-state index contributed by atoms with van der Waals surface area (Å²) >= 11 is 0. The van der Waals surface area contributed by atoms with E-state index < -0.39 is 16.1 Å². The van der Waals surface area contributed by atoms with Gasteiger partial charge in [0.25, 0.3) is 0 Å². The lowest BCUT2D eigenvalue weighted by molar-refractivity contribution is -0.118. The summed E-state index contributed by atoms with van der Waals surface area (Å²) in [4.78, 5) is 14.3. The first kappa shape index (κ1) is 18.6. The fourth-order valence-electron chi connectivity index (χ4n) is 3.12. The summed E-state index contributed by atoms with van der Waals surface area (Å²) < 4.78 is 33.1. The van der Waals surface area contributed by atoms with Crippen LogP contribution in [0.15, 0.2) is 59.5 Å². The van der Waals surface area contributed by atoms with Crippen LogP contribution in [-0.2, 0) is 19.6 Å². The van der Waals surface area contributed by atoms with Crippen LogP contribution in [0.1, 0.15) is 18.1 Å². The number of hydrogen-bond donors (Lipinski definition) is 0. The molecule has 0 aromatic heterocycles. The lowest BCUT2D eigenvalue weighted by Crippen LogP contribution is -2.37. The molecule has 0 spiro atoms. The molecule has 1 atom stereocenters. The van der Waals surface area contributed by atoms with Crippen LogP contribution in [0.2, 0.25) is 0 Å². The van der Waals surface area contributed by atoms with Crippen LogP contribution in [0.4, 0.5) is 5.69 Å². The third kappa shape index (κ3) is 3.51. The number of sulfonamides is 1. The van der Waals surface area contributed by atoms with Gasteiger partial charge in [0, 0.05) is 44.9 Å². The molecule has 6 nitrogen and oxygen atoms in total. The maximum absolute atomic E-state index is 13.1. The van der Waals surface area contributed by atoms with Gasteiger partial charge in [0.1, 0.15) is 0 Å². The number of carbonyl (C=O) groups is 1. The molecule has 2 aromatic rings. The number of hydrogen-bond acceptors (Lipinski definition) is 4. The Labute approximate surface area is 154 Å². The molecule has 0 bridgehead atoms. The first-order valence-corrected chi connectivity index (χ1v) is 9.82. The average Bonchev–Trinajstić information content (AvgIpc) is 2.72. The summed E-state index contributed by atoms with van der Waals surface area (Å²) in [7, 11) is -0.468. The monoisotopic (exact) mass is 374 g/mol. The standard InChI is InChI=1S/C19H22N2O4S/c1-20-17-11-7-6-10-16(17)18(25-2)14-21(13-12-19(20)22)26(23,24)15-8-4-3-5-9-15/h3-11,18H,12-14H2,1-2H3. The quantitative estimate of drug-likeness (QED) is 0.828. The Hall–Kier alpha value is -2.22. The predicted octanol–water partition coefficient (Wildman–Crippen LogP) is 2.43. The van der Waals surface area contributed by atoms with Gasteiger partial charge in [-0.15, -0.1) is 0 Å². The Bertz CT molecular complexity index is 883. The minimum Gasteiger partial charge on any atom is -0.375 e. The van der Waals surface area contributed by atoms with Crippen molar-refractivity contribution in [3.63, 3.8) is 0 Å². The van der Waals surface area contributed by atoms with Gasteiger partial charge in [-0.2, -0.15) is 4.31 Å². The molecule has 3 rings (SSSR count). The van der Waals surface area contributed by atoms with Crippen molar-refractivity contribution >= 4 is 21.6 Å². The predicted molar refractivity (Wildman–Crippen MR) is 99.4 cm³/mol. The zero-order valence-electron chi connectivity index (χ0n) is 14.8. The molecule has 1 unspecified atom stereocenters. The van der Waals surface area contributed by atoms with E-state index in [1.165, 1.54) is 4.31 Å². The molecule has 0 saturated carbocycles. The zero-order valence-corrected chi connectivity index (χ0v) is 15.6. The van der Waals surface area contributed by atoms with Crippen molar-refractivity contribution in [1.29, 1.82) is 0 Å². The third-order valence-corrected chi connectivity index (χ3v) is 6.51. The van der Waals surface area contributed by atoms with E-state index in [9.17, 15) is 13.2 Å². The fourth-order valence-corrected chi connectivity index (χ4v) is 4.59. The zero-order chi connectivity index (χ0) is 18.7. The number of benzene rings is 2. The van der Waals surface area contributed by atoms with Crippen LogP contribution in [0.25, 0.3) is 0 Å². The van der Waals surface area contributed by atoms with Crippen molar-refractivity contribution in [3.05, 3.63) is 60.2 Å². The van der Waals surface area contributed by atoms with E-state index in [0.717, 1.165) is 11.3 Å². The van der Waals surface area contributed by atoms with Crippen molar-refractivity contribution in [2.45, 2.75) is 17.4 Å². The van der Waals surface area contributed by atoms with Gasteiger partial charge in [-0.05, 0) is 18.2 Å². The van der Waals surface area contributed by atoms with Gasteiger partial charge in [-0.3, -0.25) is 4.79 Å². The van der Waals surface area contributed by atoms with Crippen LogP contribution in [0.3, 0.4) is 0 Å². The molecular weight excluding hydrogens is 352 g/mol.